The smallest absolute Gasteiger partial charge is 0.341 e. The van der Waals surface area contributed by atoms with Crippen LogP contribution < -0.4 is 15.4 Å². The minimum absolute atomic E-state index is 0.0136. The number of phenolic OH excluding ortho intramolecular Hbond substituents is 1. The van der Waals surface area contributed by atoms with Crippen LogP contribution in [0.4, 0.5) is 10.5 Å². The first-order valence-corrected chi connectivity index (χ1v) is 9.14. The van der Waals surface area contributed by atoms with Gasteiger partial charge in [-0.05, 0) is 55.8 Å². The lowest BCUT2D eigenvalue weighted by Gasteiger charge is -2.30. The van der Waals surface area contributed by atoms with Gasteiger partial charge < -0.3 is 20.5 Å². The zero-order valence-corrected chi connectivity index (χ0v) is 16.2. The number of urea groups is 1. The van der Waals surface area contributed by atoms with Crippen LogP contribution in [-0.2, 0) is 4.79 Å². The molecule has 7 nitrogen and oxygen atoms in total. The second-order valence-electron chi connectivity index (χ2n) is 6.31. The van der Waals surface area contributed by atoms with Crippen molar-refractivity contribution in [2.45, 2.75) is 19.9 Å². The van der Waals surface area contributed by atoms with Crippen molar-refractivity contribution in [3.63, 3.8) is 0 Å². The van der Waals surface area contributed by atoms with Crippen LogP contribution >= 0.6 is 11.6 Å². The number of rotatable bonds is 5. The van der Waals surface area contributed by atoms with E-state index in [1.165, 1.54) is 6.07 Å². The van der Waals surface area contributed by atoms with Crippen molar-refractivity contribution in [2.24, 2.45) is 10.9 Å². The van der Waals surface area contributed by atoms with Crippen LogP contribution in [0.3, 0.4) is 0 Å². The molecule has 0 saturated carbocycles. The first kappa shape index (κ1) is 19.7. The standard InChI is InChI=1S/C20H20ClN3O4/c1-3-28-16-10-12(4-9-15(16)25)18-17(11(2)22-20(27)24-18)19(26)23-14-7-5-13(21)6-8-14/h4-10,17-18,25H,3H2,1-2H3,(H,23,26)(H,24,27). The Balaban J connectivity index is 1.93. The monoisotopic (exact) mass is 401 g/mol. The summed E-state index contributed by atoms with van der Waals surface area (Å²) >= 11 is 5.88. The maximum atomic E-state index is 13.0. The number of carbonyl (C=O) groups excluding carboxylic acids is 2. The maximum absolute atomic E-state index is 13.0. The molecule has 3 rings (SSSR count). The van der Waals surface area contributed by atoms with Crippen molar-refractivity contribution >= 4 is 34.9 Å². The van der Waals surface area contributed by atoms with E-state index in [9.17, 15) is 14.7 Å². The molecule has 8 heteroatoms. The van der Waals surface area contributed by atoms with E-state index in [0.29, 0.717) is 28.6 Å². The molecule has 1 aliphatic rings. The van der Waals surface area contributed by atoms with Crippen LogP contribution in [-0.4, -0.2) is 29.4 Å². The van der Waals surface area contributed by atoms with E-state index in [1.54, 1.807) is 50.2 Å². The molecule has 0 saturated heterocycles. The Hall–Kier alpha value is -3.06. The number of nitrogens with one attached hydrogen (secondary N) is 2. The summed E-state index contributed by atoms with van der Waals surface area (Å²) < 4.78 is 5.42. The number of ether oxygens (including phenoxy) is 1. The zero-order chi connectivity index (χ0) is 20.3. The number of aromatic hydroxyl groups is 1. The number of hydrogen-bond donors (Lipinski definition) is 3. The average molecular weight is 402 g/mol. The molecular formula is C20H20ClN3O4. The van der Waals surface area contributed by atoms with Gasteiger partial charge in [0.2, 0.25) is 5.91 Å². The van der Waals surface area contributed by atoms with E-state index in [-0.39, 0.29) is 17.4 Å². The van der Waals surface area contributed by atoms with E-state index in [1.807, 2.05) is 0 Å². The summed E-state index contributed by atoms with van der Waals surface area (Å²) in [6, 6.07) is 10.3. The highest BCUT2D eigenvalue weighted by atomic mass is 35.5. The molecule has 2 atom stereocenters. The summed E-state index contributed by atoms with van der Waals surface area (Å²) in [5, 5.41) is 16.1. The molecule has 3 N–H and O–H groups in total. The van der Waals surface area contributed by atoms with E-state index in [4.69, 9.17) is 16.3 Å². The molecule has 1 heterocycles. The molecule has 0 bridgehead atoms. The lowest BCUT2D eigenvalue weighted by atomic mass is 9.87. The molecular weight excluding hydrogens is 382 g/mol. The van der Waals surface area contributed by atoms with Crippen LogP contribution in [0.5, 0.6) is 11.5 Å². The number of halogens is 1. The molecule has 0 radical (unpaired) electrons. The minimum Gasteiger partial charge on any atom is -0.504 e. The molecule has 3 amide bonds. The van der Waals surface area contributed by atoms with Gasteiger partial charge in [0.05, 0.1) is 12.6 Å². The van der Waals surface area contributed by atoms with Crippen LogP contribution in [0.1, 0.15) is 25.5 Å². The number of aliphatic imine (C=N–C) groups is 1. The Kier molecular flexibility index (Phi) is 5.84. The van der Waals surface area contributed by atoms with Gasteiger partial charge in [-0.25, -0.2) is 9.79 Å². The van der Waals surface area contributed by atoms with E-state index in [2.05, 4.69) is 15.6 Å². The number of nitrogens with zero attached hydrogens (tertiary/aromatic N) is 1. The predicted molar refractivity (Wildman–Crippen MR) is 107 cm³/mol. The molecule has 0 fully saturated rings. The third-order valence-corrected chi connectivity index (χ3v) is 4.63. The van der Waals surface area contributed by atoms with Gasteiger partial charge >= 0.3 is 6.03 Å². The van der Waals surface area contributed by atoms with Gasteiger partial charge in [0.25, 0.3) is 0 Å². The predicted octanol–water partition coefficient (Wildman–Crippen LogP) is 3.92. The summed E-state index contributed by atoms with van der Waals surface area (Å²) in [6.45, 7) is 3.81. The third-order valence-electron chi connectivity index (χ3n) is 4.38. The summed E-state index contributed by atoms with van der Waals surface area (Å²) in [4.78, 5) is 28.8. The van der Waals surface area contributed by atoms with Crippen molar-refractivity contribution < 1.29 is 19.4 Å². The number of carbonyl (C=O) groups is 2. The molecule has 146 valence electrons. The van der Waals surface area contributed by atoms with Crippen molar-refractivity contribution in [1.82, 2.24) is 5.32 Å². The zero-order valence-electron chi connectivity index (χ0n) is 15.4. The van der Waals surface area contributed by atoms with Gasteiger partial charge in [-0.3, -0.25) is 4.79 Å². The highest BCUT2D eigenvalue weighted by Gasteiger charge is 2.37. The second kappa shape index (κ2) is 8.31. The molecule has 28 heavy (non-hydrogen) atoms. The van der Waals surface area contributed by atoms with E-state index < -0.39 is 18.0 Å². The van der Waals surface area contributed by atoms with Crippen LogP contribution in [0, 0.1) is 5.92 Å². The SMILES string of the molecule is CCOc1cc(C2NC(=O)N=C(C)C2C(=O)Nc2ccc(Cl)cc2)ccc1O. The Morgan fingerprint density at radius 2 is 2.00 bits per heavy atom. The fourth-order valence-electron chi connectivity index (χ4n) is 3.08. The second-order valence-corrected chi connectivity index (χ2v) is 6.75. The quantitative estimate of drug-likeness (QED) is 0.706. The maximum Gasteiger partial charge on any atom is 0.341 e. The Morgan fingerprint density at radius 3 is 2.68 bits per heavy atom. The molecule has 2 aromatic rings. The number of amides is 3. The van der Waals surface area contributed by atoms with Crippen molar-refractivity contribution in [1.29, 1.82) is 0 Å². The number of benzene rings is 2. The molecule has 0 aromatic heterocycles. The van der Waals surface area contributed by atoms with Gasteiger partial charge in [0, 0.05) is 16.4 Å². The van der Waals surface area contributed by atoms with Crippen LogP contribution in [0.25, 0.3) is 0 Å². The van der Waals surface area contributed by atoms with Crippen LogP contribution in [0.15, 0.2) is 47.5 Å². The third kappa shape index (κ3) is 4.26. The minimum atomic E-state index is -0.729. The van der Waals surface area contributed by atoms with Gasteiger partial charge in [-0.1, -0.05) is 17.7 Å². The van der Waals surface area contributed by atoms with E-state index >= 15 is 0 Å². The normalized spacial score (nSPS) is 18.8. The summed E-state index contributed by atoms with van der Waals surface area (Å²) in [5.41, 5.74) is 1.60. The van der Waals surface area contributed by atoms with Gasteiger partial charge in [-0.15, -0.1) is 0 Å². The van der Waals surface area contributed by atoms with Crippen molar-refractivity contribution in [3.05, 3.63) is 53.1 Å². The molecule has 2 unspecified atom stereocenters. The Bertz CT molecular complexity index is 928. The lowest BCUT2D eigenvalue weighted by Crippen LogP contribution is -2.45. The summed E-state index contributed by atoms with van der Waals surface area (Å²) in [7, 11) is 0. The van der Waals surface area contributed by atoms with Gasteiger partial charge in [-0.2, -0.15) is 0 Å². The molecule has 0 aliphatic carbocycles. The fourth-order valence-corrected chi connectivity index (χ4v) is 3.21. The van der Waals surface area contributed by atoms with Crippen molar-refractivity contribution in [3.8, 4) is 11.5 Å². The first-order valence-electron chi connectivity index (χ1n) is 8.77. The first-order chi connectivity index (χ1) is 13.4. The largest absolute Gasteiger partial charge is 0.504 e. The average Bonchev–Trinajstić information content (AvgIpc) is 2.65. The van der Waals surface area contributed by atoms with Gasteiger partial charge in [0.15, 0.2) is 11.5 Å². The van der Waals surface area contributed by atoms with Gasteiger partial charge in [0.1, 0.15) is 5.92 Å². The number of anilines is 1. The van der Waals surface area contributed by atoms with Crippen molar-refractivity contribution in [2.75, 3.05) is 11.9 Å². The topological polar surface area (TPSA) is 100 Å². The number of hydrogen-bond acceptors (Lipinski definition) is 4. The molecule has 0 spiro atoms. The Morgan fingerprint density at radius 1 is 1.29 bits per heavy atom. The molecule has 2 aromatic carbocycles. The lowest BCUT2D eigenvalue weighted by molar-refractivity contribution is -0.118. The highest BCUT2D eigenvalue weighted by Crippen LogP contribution is 2.34. The summed E-state index contributed by atoms with van der Waals surface area (Å²) in [5.74, 6) is -0.779. The van der Waals surface area contributed by atoms with Crippen LogP contribution in [0.2, 0.25) is 5.02 Å². The number of phenols is 1. The molecule has 1 aliphatic heterocycles. The Labute approximate surface area is 167 Å². The summed E-state index contributed by atoms with van der Waals surface area (Å²) in [6.07, 6.45) is 0. The fraction of sp³-hybridized carbons (Fsp3) is 0.250. The van der Waals surface area contributed by atoms with E-state index in [0.717, 1.165) is 0 Å². The highest BCUT2D eigenvalue weighted by molar-refractivity contribution is 6.30.